The molecule has 0 aliphatic heterocycles. The maximum absolute atomic E-state index is 12.9. The molecule has 0 atom stereocenters. The number of aliphatic hydroxyl groups excluding tert-OH is 1. The molecule has 0 bridgehead atoms. The zero-order chi connectivity index (χ0) is 11.9. The average Bonchev–Trinajstić information content (AvgIpc) is 2.47. The minimum absolute atomic E-state index is 0.541. The summed E-state index contributed by atoms with van der Waals surface area (Å²) in [5, 5.41) is 11.2. The second-order valence-corrected chi connectivity index (χ2v) is 2.93. The normalized spacial score (nSPS) is 13.3. The number of nitrogens with zero attached hydrogens (tertiary/aromatic N) is 2. The average molecular weight is 230 g/mol. The third-order valence-corrected chi connectivity index (χ3v) is 1.69. The van der Waals surface area contributed by atoms with Gasteiger partial charge in [0.05, 0.1) is 5.56 Å². The molecule has 8 heteroatoms. The van der Waals surface area contributed by atoms with Gasteiger partial charge in [0.2, 0.25) is 0 Å². The molecule has 0 spiro atoms. The fraction of sp³-hybridized carbons (Fsp3) is 0.571. The van der Waals surface area contributed by atoms with Crippen LogP contribution < -0.4 is 0 Å². The minimum atomic E-state index is -4.96. The minimum Gasteiger partial charge on any atom is -0.390 e. The molecule has 0 amide bonds. The largest absolute Gasteiger partial charge is 0.435 e. The molecule has 0 radical (unpaired) electrons. The molecule has 86 valence electrons. The third-order valence-electron chi connectivity index (χ3n) is 1.69. The zero-order valence-electron chi connectivity index (χ0n) is 7.52. The Balaban J connectivity index is 3.30. The van der Waals surface area contributed by atoms with Gasteiger partial charge in [0.15, 0.2) is 5.69 Å². The van der Waals surface area contributed by atoms with Crippen LogP contribution in [0.3, 0.4) is 0 Å². The van der Waals surface area contributed by atoms with E-state index in [0.29, 0.717) is 10.9 Å². The summed E-state index contributed by atoms with van der Waals surface area (Å²) in [4.78, 5) is 0. The lowest BCUT2D eigenvalue weighted by Crippen LogP contribution is -2.22. The lowest BCUT2D eigenvalue weighted by Gasteiger charge is -2.13. The number of hydrogen-bond acceptors (Lipinski definition) is 2. The summed E-state index contributed by atoms with van der Waals surface area (Å²) in [5.41, 5.74) is -3.00. The molecule has 0 aromatic carbocycles. The van der Waals surface area contributed by atoms with Gasteiger partial charge in [0.25, 0.3) is 5.92 Å². The summed E-state index contributed by atoms with van der Waals surface area (Å²) in [6.07, 6.45) is -4.42. The first kappa shape index (κ1) is 11.9. The molecule has 15 heavy (non-hydrogen) atoms. The van der Waals surface area contributed by atoms with Crippen LogP contribution in [0.15, 0.2) is 6.20 Å². The summed E-state index contributed by atoms with van der Waals surface area (Å²) in [6, 6.07) is 0. The molecule has 0 aliphatic rings. The Morgan fingerprint density at radius 2 is 1.87 bits per heavy atom. The van der Waals surface area contributed by atoms with E-state index in [-0.39, 0.29) is 0 Å². The summed E-state index contributed by atoms with van der Waals surface area (Å²) >= 11 is 0. The number of alkyl halides is 5. The van der Waals surface area contributed by atoms with Crippen molar-refractivity contribution in [3.63, 3.8) is 0 Å². The number of aliphatic hydroxyl groups is 1. The van der Waals surface area contributed by atoms with Crippen LogP contribution in [0.2, 0.25) is 0 Å². The molecule has 1 heterocycles. The van der Waals surface area contributed by atoms with Gasteiger partial charge in [-0.3, -0.25) is 4.68 Å². The van der Waals surface area contributed by atoms with Crippen molar-refractivity contribution in [3.05, 3.63) is 17.5 Å². The van der Waals surface area contributed by atoms with Gasteiger partial charge in [0.1, 0.15) is 6.61 Å². The first-order valence-electron chi connectivity index (χ1n) is 3.78. The number of aryl methyl sites for hydroxylation is 1. The lowest BCUT2D eigenvalue weighted by atomic mass is 10.1. The van der Waals surface area contributed by atoms with E-state index >= 15 is 0 Å². The summed E-state index contributed by atoms with van der Waals surface area (Å²) in [7, 11) is 1.09. The Bertz CT molecular complexity index is 357. The highest BCUT2D eigenvalue weighted by Crippen LogP contribution is 2.38. The molecular weight excluding hydrogens is 223 g/mol. The topological polar surface area (TPSA) is 38.0 Å². The van der Waals surface area contributed by atoms with E-state index in [9.17, 15) is 22.0 Å². The highest BCUT2D eigenvalue weighted by molar-refractivity contribution is 5.25. The summed E-state index contributed by atoms with van der Waals surface area (Å²) in [5.74, 6) is -3.95. The molecule has 3 nitrogen and oxygen atoms in total. The highest BCUT2D eigenvalue weighted by Gasteiger charge is 2.45. The molecular formula is C7H7F5N2O. The van der Waals surface area contributed by atoms with Crippen molar-refractivity contribution in [1.29, 1.82) is 0 Å². The van der Waals surface area contributed by atoms with Crippen molar-refractivity contribution in [2.45, 2.75) is 12.1 Å². The van der Waals surface area contributed by atoms with E-state index in [0.717, 1.165) is 7.05 Å². The molecule has 0 aliphatic carbocycles. The number of aromatic nitrogens is 2. The maximum atomic E-state index is 12.9. The molecule has 0 saturated heterocycles. The van der Waals surface area contributed by atoms with Crippen molar-refractivity contribution in [3.8, 4) is 0 Å². The Labute approximate surface area is 81.1 Å². The standard InChI is InChI=1S/C7H7F5N2O/c1-14-2-4(6(8,9)3-15)5(13-14)7(10,11)12/h2,15H,3H2,1H3. The number of hydrogen-bond donors (Lipinski definition) is 1. The van der Waals surface area contributed by atoms with E-state index in [1.807, 2.05) is 0 Å². The molecule has 1 N–H and O–H groups in total. The van der Waals surface area contributed by atoms with E-state index in [4.69, 9.17) is 5.11 Å². The van der Waals surface area contributed by atoms with Crippen LogP contribution in [0, 0.1) is 0 Å². The van der Waals surface area contributed by atoms with Crippen LogP contribution in [-0.2, 0) is 19.1 Å². The van der Waals surface area contributed by atoms with Crippen molar-refractivity contribution in [1.82, 2.24) is 9.78 Å². The van der Waals surface area contributed by atoms with Gasteiger partial charge >= 0.3 is 6.18 Å². The molecule has 1 rings (SSSR count). The SMILES string of the molecule is Cn1cc(C(F)(F)CO)c(C(F)(F)F)n1. The van der Waals surface area contributed by atoms with Gasteiger partial charge in [-0.25, -0.2) is 0 Å². The maximum Gasteiger partial charge on any atom is 0.435 e. The van der Waals surface area contributed by atoms with Crippen molar-refractivity contribution >= 4 is 0 Å². The second kappa shape index (κ2) is 3.44. The summed E-state index contributed by atoms with van der Waals surface area (Å²) < 4.78 is 63.1. The Kier molecular flexibility index (Phi) is 2.73. The van der Waals surface area contributed by atoms with E-state index in [2.05, 4.69) is 5.10 Å². The molecule has 0 fully saturated rings. The fourth-order valence-corrected chi connectivity index (χ4v) is 1.05. The number of halogens is 5. The van der Waals surface area contributed by atoms with Crippen LogP contribution in [-0.4, -0.2) is 21.5 Å². The van der Waals surface area contributed by atoms with Crippen LogP contribution >= 0.6 is 0 Å². The van der Waals surface area contributed by atoms with Gasteiger partial charge in [0, 0.05) is 13.2 Å². The van der Waals surface area contributed by atoms with Gasteiger partial charge in [-0.15, -0.1) is 0 Å². The predicted molar refractivity (Wildman–Crippen MR) is 39.2 cm³/mol. The smallest absolute Gasteiger partial charge is 0.390 e. The monoisotopic (exact) mass is 230 g/mol. The zero-order valence-corrected chi connectivity index (χ0v) is 7.52. The third kappa shape index (κ3) is 2.25. The molecule has 1 aromatic rings. The predicted octanol–water partition coefficient (Wildman–Crippen LogP) is 1.52. The second-order valence-electron chi connectivity index (χ2n) is 2.93. The van der Waals surface area contributed by atoms with Crippen LogP contribution in [0.5, 0.6) is 0 Å². The van der Waals surface area contributed by atoms with Crippen molar-refractivity contribution in [2.24, 2.45) is 7.05 Å². The quantitative estimate of drug-likeness (QED) is 0.782. The Morgan fingerprint density at radius 1 is 1.33 bits per heavy atom. The first-order chi connectivity index (χ1) is 6.68. The molecule has 1 aromatic heterocycles. The molecule has 0 unspecified atom stereocenters. The Hall–Kier alpha value is -1.18. The van der Waals surface area contributed by atoms with Crippen molar-refractivity contribution < 1.29 is 27.1 Å². The highest BCUT2D eigenvalue weighted by atomic mass is 19.4. The lowest BCUT2D eigenvalue weighted by molar-refractivity contribution is -0.147. The van der Waals surface area contributed by atoms with Crippen LogP contribution in [0.1, 0.15) is 11.3 Å². The van der Waals surface area contributed by atoms with Gasteiger partial charge < -0.3 is 5.11 Å². The van der Waals surface area contributed by atoms with E-state index in [1.165, 1.54) is 0 Å². The van der Waals surface area contributed by atoms with Crippen molar-refractivity contribution in [2.75, 3.05) is 6.61 Å². The van der Waals surface area contributed by atoms with Gasteiger partial charge in [-0.1, -0.05) is 0 Å². The van der Waals surface area contributed by atoms with Crippen LogP contribution in [0.4, 0.5) is 22.0 Å². The first-order valence-corrected chi connectivity index (χ1v) is 3.78. The molecule has 0 saturated carbocycles. The van der Waals surface area contributed by atoms with E-state index in [1.54, 1.807) is 0 Å². The Morgan fingerprint density at radius 3 is 2.27 bits per heavy atom. The number of rotatable bonds is 2. The summed E-state index contributed by atoms with van der Waals surface area (Å²) in [6.45, 7) is -1.69. The van der Waals surface area contributed by atoms with Crippen LogP contribution in [0.25, 0.3) is 0 Å². The fourth-order valence-electron chi connectivity index (χ4n) is 1.05. The van der Waals surface area contributed by atoms with E-state index < -0.39 is 30.0 Å². The van der Waals surface area contributed by atoms with Gasteiger partial charge in [-0.05, 0) is 0 Å². The van der Waals surface area contributed by atoms with Gasteiger partial charge in [-0.2, -0.15) is 27.1 Å².